The van der Waals surface area contributed by atoms with E-state index in [4.69, 9.17) is 9.47 Å². The third-order valence-electron chi connectivity index (χ3n) is 4.10. The van der Waals surface area contributed by atoms with Crippen LogP contribution in [0.15, 0.2) is 18.2 Å². The molecule has 1 atom stereocenters. The Morgan fingerprint density at radius 3 is 2.75 bits per heavy atom. The average molecular weight is 335 g/mol. The van der Waals surface area contributed by atoms with E-state index < -0.39 is 6.04 Å². The van der Waals surface area contributed by atoms with Gasteiger partial charge in [-0.3, -0.25) is 14.6 Å². The molecule has 7 nitrogen and oxygen atoms in total. The number of hydrogen-bond acceptors (Lipinski definition) is 5. The molecule has 1 N–H and O–H groups in total. The highest BCUT2D eigenvalue weighted by Crippen LogP contribution is 2.28. The van der Waals surface area contributed by atoms with Gasteiger partial charge in [-0.25, -0.2) is 4.79 Å². The minimum Gasteiger partial charge on any atom is -0.493 e. The largest absolute Gasteiger partial charge is 0.493 e. The predicted molar refractivity (Wildman–Crippen MR) is 90.2 cm³/mol. The molecule has 132 valence electrons. The smallest absolute Gasteiger partial charge is 0.324 e. The first-order chi connectivity index (χ1) is 11.5. The molecule has 0 radical (unpaired) electrons. The van der Waals surface area contributed by atoms with E-state index in [-0.39, 0.29) is 11.9 Å². The number of carbonyl (C=O) groups excluding carboxylic acids is 2. The van der Waals surface area contributed by atoms with Gasteiger partial charge in [-0.15, -0.1) is 0 Å². The molecule has 0 bridgehead atoms. The van der Waals surface area contributed by atoms with Crippen LogP contribution in [0, 0.1) is 0 Å². The van der Waals surface area contributed by atoms with Crippen LogP contribution in [0.1, 0.15) is 19.4 Å². The molecule has 1 aliphatic heterocycles. The number of urea groups is 1. The van der Waals surface area contributed by atoms with Gasteiger partial charge in [0, 0.05) is 19.6 Å². The number of amides is 3. The third-order valence-corrected chi connectivity index (χ3v) is 4.10. The first-order valence-corrected chi connectivity index (χ1v) is 8.07. The molecular formula is C17H25N3O4. The Labute approximate surface area is 142 Å². The number of nitrogens with one attached hydrogen (secondary N) is 1. The first kappa shape index (κ1) is 18.1. The van der Waals surface area contributed by atoms with E-state index in [0.717, 1.165) is 5.56 Å². The van der Waals surface area contributed by atoms with Crippen LogP contribution in [0.25, 0.3) is 0 Å². The maximum atomic E-state index is 12.4. The van der Waals surface area contributed by atoms with Gasteiger partial charge in [0.1, 0.15) is 0 Å². The summed E-state index contributed by atoms with van der Waals surface area (Å²) in [7, 11) is 3.46. The highest BCUT2D eigenvalue weighted by molar-refractivity contribution is 5.98. The molecule has 1 heterocycles. The maximum Gasteiger partial charge on any atom is 0.324 e. The summed E-state index contributed by atoms with van der Waals surface area (Å²) in [4.78, 5) is 27.2. The minimum atomic E-state index is -0.397. The van der Waals surface area contributed by atoms with Crippen LogP contribution in [-0.2, 0) is 11.3 Å². The van der Waals surface area contributed by atoms with Crippen molar-refractivity contribution in [3.63, 3.8) is 0 Å². The van der Waals surface area contributed by atoms with Gasteiger partial charge in [0.05, 0.1) is 19.8 Å². The molecule has 1 fully saturated rings. The van der Waals surface area contributed by atoms with Crippen molar-refractivity contribution in [3.05, 3.63) is 23.8 Å². The van der Waals surface area contributed by atoms with Crippen molar-refractivity contribution in [2.45, 2.75) is 26.4 Å². The Balaban J connectivity index is 2.04. The monoisotopic (exact) mass is 335 g/mol. The lowest BCUT2D eigenvalue weighted by molar-refractivity contribution is -0.132. The van der Waals surface area contributed by atoms with E-state index in [2.05, 4.69) is 5.32 Å². The van der Waals surface area contributed by atoms with Gasteiger partial charge in [-0.05, 0) is 38.6 Å². The Morgan fingerprint density at radius 1 is 1.42 bits per heavy atom. The number of rotatable bonds is 7. The van der Waals surface area contributed by atoms with E-state index in [0.29, 0.717) is 37.7 Å². The SMILES string of the molecule is CCOc1ccc(CN(C)[C@@H](C)C(=O)N2CCNC2=O)cc1OC. The van der Waals surface area contributed by atoms with Crippen molar-refractivity contribution in [3.8, 4) is 11.5 Å². The van der Waals surface area contributed by atoms with Crippen molar-refractivity contribution < 1.29 is 19.1 Å². The molecule has 1 aromatic carbocycles. The van der Waals surface area contributed by atoms with Crippen LogP contribution in [0.4, 0.5) is 4.79 Å². The number of nitrogens with zero attached hydrogens (tertiary/aromatic N) is 2. The van der Waals surface area contributed by atoms with Gasteiger partial charge >= 0.3 is 6.03 Å². The summed E-state index contributed by atoms with van der Waals surface area (Å²) in [6, 6.07) is 5.01. The van der Waals surface area contributed by atoms with Gasteiger partial charge < -0.3 is 14.8 Å². The fourth-order valence-corrected chi connectivity index (χ4v) is 2.61. The van der Waals surface area contributed by atoms with Crippen LogP contribution < -0.4 is 14.8 Å². The molecule has 0 saturated carbocycles. The van der Waals surface area contributed by atoms with E-state index in [1.54, 1.807) is 14.0 Å². The summed E-state index contributed by atoms with van der Waals surface area (Å²) in [5, 5.41) is 2.64. The van der Waals surface area contributed by atoms with Gasteiger partial charge in [0.2, 0.25) is 5.91 Å². The molecule has 1 aliphatic rings. The Bertz CT molecular complexity index is 605. The Morgan fingerprint density at radius 2 is 2.17 bits per heavy atom. The quantitative estimate of drug-likeness (QED) is 0.817. The fourth-order valence-electron chi connectivity index (χ4n) is 2.61. The molecular weight excluding hydrogens is 310 g/mol. The van der Waals surface area contributed by atoms with Crippen LogP contribution in [0.3, 0.4) is 0 Å². The Kier molecular flexibility index (Phi) is 6.03. The molecule has 1 aromatic rings. The van der Waals surface area contributed by atoms with Crippen LogP contribution >= 0.6 is 0 Å². The van der Waals surface area contributed by atoms with E-state index >= 15 is 0 Å². The lowest BCUT2D eigenvalue weighted by Gasteiger charge is -2.26. The number of hydrogen-bond donors (Lipinski definition) is 1. The van der Waals surface area contributed by atoms with E-state index in [1.807, 2.05) is 37.1 Å². The highest BCUT2D eigenvalue weighted by atomic mass is 16.5. The molecule has 2 rings (SSSR count). The zero-order chi connectivity index (χ0) is 17.7. The summed E-state index contributed by atoms with van der Waals surface area (Å²) < 4.78 is 10.9. The van der Waals surface area contributed by atoms with Crippen molar-refractivity contribution >= 4 is 11.9 Å². The molecule has 3 amide bonds. The van der Waals surface area contributed by atoms with Gasteiger partial charge in [-0.2, -0.15) is 0 Å². The van der Waals surface area contributed by atoms with E-state index in [1.165, 1.54) is 4.90 Å². The summed E-state index contributed by atoms with van der Waals surface area (Å²) in [5.41, 5.74) is 1.00. The molecule has 1 saturated heterocycles. The predicted octanol–water partition coefficient (Wildman–Crippen LogP) is 1.47. The third kappa shape index (κ3) is 3.97. The average Bonchev–Trinajstić information content (AvgIpc) is 3.01. The summed E-state index contributed by atoms with van der Waals surface area (Å²) in [5.74, 6) is 1.18. The van der Waals surface area contributed by atoms with Crippen molar-refractivity contribution in [1.82, 2.24) is 15.1 Å². The zero-order valence-corrected chi connectivity index (χ0v) is 14.7. The van der Waals surface area contributed by atoms with Gasteiger partial charge in [-0.1, -0.05) is 6.07 Å². The number of methoxy groups -OCH3 is 1. The topological polar surface area (TPSA) is 71.1 Å². The number of carbonyl (C=O) groups is 2. The first-order valence-electron chi connectivity index (χ1n) is 8.07. The van der Waals surface area contributed by atoms with Crippen molar-refractivity contribution in [2.75, 3.05) is 33.9 Å². The summed E-state index contributed by atoms with van der Waals surface area (Å²) in [6.45, 7) is 5.79. The second-order valence-corrected chi connectivity index (χ2v) is 5.73. The van der Waals surface area contributed by atoms with Crippen molar-refractivity contribution in [1.29, 1.82) is 0 Å². The number of benzene rings is 1. The molecule has 0 spiro atoms. The highest BCUT2D eigenvalue weighted by Gasteiger charge is 2.31. The maximum absolute atomic E-state index is 12.4. The van der Waals surface area contributed by atoms with Crippen LogP contribution in [0.2, 0.25) is 0 Å². The lowest BCUT2D eigenvalue weighted by atomic mass is 10.1. The molecule has 7 heteroatoms. The van der Waals surface area contributed by atoms with Crippen LogP contribution in [-0.4, -0.2) is 61.6 Å². The number of likely N-dealkylation sites (N-methyl/N-ethyl adjacent to an activating group) is 1. The summed E-state index contributed by atoms with van der Waals surface area (Å²) in [6.07, 6.45) is 0. The van der Waals surface area contributed by atoms with Gasteiger partial charge in [0.15, 0.2) is 11.5 Å². The Hall–Kier alpha value is -2.28. The minimum absolute atomic E-state index is 0.189. The number of ether oxygens (including phenoxy) is 2. The zero-order valence-electron chi connectivity index (χ0n) is 14.7. The molecule has 0 aliphatic carbocycles. The fraction of sp³-hybridized carbons (Fsp3) is 0.529. The standard InChI is InChI=1S/C17H25N3O4/c1-5-24-14-7-6-13(10-15(14)23-4)11-19(3)12(2)16(21)20-9-8-18-17(20)22/h6-7,10,12H,5,8-9,11H2,1-4H3,(H,18,22)/t12-/m0/s1. The van der Waals surface area contributed by atoms with Crippen molar-refractivity contribution in [2.24, 2.45) is 0 Å². The van der Waals surface area contributed by atoms with E-state index in [9.17, 15) is 9.59 Å². The second kappa shape index (κ2) is 8.01. The molecule has 0 unspecified atom stereocenters. The summed E-state index contributed by atoms with van der Waals surface area (Å²) >= 11 is 0. The molecule has 24 heavy (non-hydrogen) atoms. The van der Waals surface area contributed by atoms with Crippen LogP contribution in [0.5, 0.6) is 11.5 Å². The lowest BCUT2D eigenvalue weighted by Crippen LogP contribution is -2.46. The normalized spacial score (nSPS) is 15.4. The molecule has 0 aromatic heterocycles. The van der Waals surface area contributed by atoms with Gasteiger partial charge in [0.25, 0.3) is 0 Å². The number of imide groups is 1. The second-order valence-electron chi connectivity index (χ2n) is 5.73.